The highest BCUT2D eigenvalue weighted by Crippen LogP contribution is 2.18. The number of hydrogen-bond acceptors (Lipinski definition) is 4. The van der Waals surface area contributed by atoms with E-state index in [1.165, 1.54) is 12.1 Å². The van der Waals surface area contributed by atoms with Crippen molar-refractivity contribution in [3.63, 3.8) is 0 Å². The maximum Gasteiger partial charge on any atom is 0.238 e. The summed E-state index contributed by atoms with van der Waals surface area (Å²) in [5.74, 6) is -0.813. The van der Waals surface area contributed by atoms with Crippen molar-refractivity contribution in [1.29, 1.82) is 0 Å². The molecule has 1 aromatic rings. The second-order valence-corrected chi connectivity index (χ2v) is 7.76. The number of nitrogens with zero attached hydrogens (tertiary/aromatic N) is 1. The van der Waals surface area contributed by atoms with Crippen molar-refractivity contribution in [1.82, 2.24) is 10.2 Å². The number of rotatable bonds is 3. The van der Waals surface area contributed by atoms with Gasteiger partial charge in [0.25, 0.3) is 0 Å². The number of carbonyl (C=O) groups is 1. The van der Waals surface area contributed by atoms with Gasteiger partial charge >= 0.3 is 0 Å². The highest BCUT2D eigenvalue weighted by molar-refractivity contribution is 9.10. The molecule has 8 heteroatoms. The van der Waals surface area contributed by atoms with Gasteiger partial charge in [-0.05, 0) is 25.1 Å². The number of amides is 1. The van der Waals surface area contributed by atoms with Gasteiger partial charge in [0.15, 0.2) is 9.84 Å². The Balaban J connectivity index is 0.00000220. The van der Waals surface area contributed by atoms with E-state index in [-0.39, 0.29) is 29.3 Å². The molecule has 0 unspecified atom stereocenters. The van der Waals surface area contributed by atoms with E-state index in [0.29, 0.717) is 24.1 Å². The van der Waals surface area contributed by atoms with Crippen molar-refractivity contribution in [3.8, 4) is 0 Å². The molecule has 1 aromatic carbocycles. The molecule has 0 saturated carbocycles. The first kappa shape index (κ1) is 18.4. The minimum absolute atomic E-state index is 0. The Bertz CT molecular complexity index is 609. The quantitative estimate of drug-likeness (QED) is 0.839. The Morgan fingerprint density at radius 1 is 1.48 bits per heavy atom. The summed E-state index contributed by atoms with van der Waals surface area (Å²) in [5.41, 5.74) is 0. The second kappa shape index (κ2) is 7.58. The minimum atomic E-state index is -3.60. The summed E-state index contributed by atoms with van der Waals surface area (Å²) < 4.78 is 25.2. The standard InChI is InChI=1S/C13H17BrN2O3S.ClH/c1-10-8-15-5-6-16(10)13(17)9-20(18,19)12-4-2-3-11(14)7-12;/h2-4,7,10,15H,5-6,8-9H2,1H3;1H/t10-;/m1./s1. The summed E-state index contributed by atoms with van der Waals surface area (Å²) in [6, 6.07) is 6.45. The Kier molecular flexibility index (Phi) is 6.65. The lowest BCUT2D eigenvalue weighted by Gasteiger charge is -2.33. The summed E-state index contributed by atoms with van der Waals surface area (Å²) in [5, 5.41) is 3.17. The number of halogens is 2. The third kappa shape index (κ3) is 4.67. The number of nitrogens with one attached hydrogen (secondary N) is 1. The van der Waals surface area contributed by atoms with Crippen LogP contribution in [0.15, 0.2) is 33.6 Å². The molecule has 1 N–H and O–H groups in total. The molecular formula is C13H18BrClN2O3S. The summed E-state index contributed by atoms with van der Waals surface area (Å²) in [7, 11) is -3.60. The fourth-order valence-electron chi connectivity index (χ4n) is 2.20. The van der Waals surface area contributed by atoms with Crippen LogP contribution in [0.25, 0.3) is 0 Å². The van der Waals surface area contributed by atoms with Gasteiger partial charge in [0.2, 0.25) is 5.91 Å². The largest absolute Gasteiger partial charge is 0.337 e. The van der Waals surface area contributed by atoms with Crippen molar-refractivity contribution < 1.29 is 13.2 Å². The summed E-state index contributed by atoms with van der Waals surface area (Å²) in [4.78, 5) is 14.0. The van der Waals surface area contributed by atoms with E-state index in [4.69, 9.17) is 0 Å². The van der Waals surface area contributed by atoms with Crippen LogP contribution in [0.3, 0.4) is 0 Å². The third-order valence-electron chi connectivity index (χ3n) is 3.29. The molecule has 1 heterocycles. The predicted octanol–water partition coefficient (Wildman–Crippen LogP) is 1.46. The lowest BCUT2D eigenvalue weighted by atomic mass is 10.2. The van der Waals surface area contributed by atoms with E-state index in [2.05, 4.69) is 21.2 Å². The van der Waals surface area contributed by atoms with Crippen LogP contribution in [0.2, 0.25) is 0 Å². The lowest BCUT2D eigenvalue weighted by molar-refractivity contribution is -0.131. The molecule has 1 aliphatic rings. The molecule has 0 aliphatic carbocycles. The number of sulfone groups is 1. The number of benzene rings is 1. The maximum absolute atomic E-state index is 12.3. The van der Waals surface area contributed by atoms with Gasteiger partial charge in [-0.2, -0.15) is 0 Å². The molecule has 118 valence electrons. The molecule has 1 atom stereocenters. The average Bonchev–Trinajstić information content (AvgIpc) is 2.38. The van der Waals surface area contributed by atoms with Crippen molar-refractivity contribution in [2.45, 2.75) is 17.9 Å². The molecule has 1 aliphatic heterocycles. The van der Waals surface area contributed by atoms with E-state index >= 15 is 0 Å². The van der Waals surface area contributed by atoms with Crippen LogP contribution < -0.4 is 5.32 Å². The molecule has 1 saturated heterocycles. The molecule has 1 fully saturated rings. The molecule has 0 spiro atoms. The molecule has 21 heavy (non-hydrogen) atoms. The van der Waals surface area contributed by atoms with Crippen molar-refractivity contribution in [2.75, 3.05) is 25.4 Å². The van der Waals surface area contributed by atoms with Gasteiger partial charge < -0.3 is 10.2 Å². The van der Waals surface area contributed by atoms with Gasteiger partial charge in [-0.25, -0.2) is 8.42 Å². The number of hydrogen-bond donors (Lipinski definition) is 1. The number of carbonyl (C=O) groups excluding carboxylic acids is 1. The predicted molar refractivity (Wildman–Crippen MR) is 87.5 cm³/mol. The van der Waals surface area contributed by atoms with Crippen molar-refractivity contribution in [3.05, 3.63) is 28.7 Å². The minimum Gasteiger partial charge on any atom is -0.337 e. The molecule has 0 bridgehead atoms. The Labute approximate surface area is 139 Å². The SMILES string of the molecule is C[C@@H]1CNCCN1C(=O)CS(=O)(=O)c1cccc(Br)c1.Cl. The number of piperazine rings is 1. The van der Waals surface area contributed by atoms with Gasteiger partial charge in [0, 0.05) is 30.1 Å². The first-order valence-electron chi connectivity index (χ1n) is 6.38. The van der Waals surface area contributed by atoms with Gasteiger partial charge in [-0.1, -0.05) is 22.0 Å². The zero-order valence-corrected chi connectivity index (χ0v) is 14.8. The third-order valence-corrected chi connectivity index (χ3v) is 5.38. The first-order valence-corrected chi connectivity index (χ1v) is 8.83. The lowest BCUT2D eigenvalue weighted by Crippen LogP contribution is -2.53. The Morgan fingerprint density at radius 2 is 2.19 bits per heavy atom. The molecule has 5 nitrogen and oxygen atoms in total. The van der Waals surface area contributed by atoms with Gasteiger partial charge in [0.05, 0.1) is 4.90 Å². The van der Waals surface area contributed by atoms with Crippen molar-refractivity contribution >= 4 is 44.1 Å². The van der Waals surface area contributed by atoms with Crippen LogP contribution >= 0.6 is 28.3 Å². The van der Waals surface area contributed by atoms with Crippen LogP contribution in [0, 0.1) is 0 Å². The second-order valence-electron chi connectivity index (χ2n) is 4.86. The van der Waals surface area contributed by atoms with Crippen LogP contribution in [-0.4, -0.2) is 50.7 Å². The normalized spacial score (nSPS) is 19.0. The van der Waals surface area contributed by atoms with E-state index in [1.54, 1.807) is 17.0 Å². The highest BCUT2D eigenvalue weighted by atomic mass is 79.9. The topological polar surface area (TPSA) is 66.5 Å². The zero-order chi connectivity index (χ0) is 14.8. The average molecular weight is 398 g/mol. The molecule has 0 radical (unpaired) electrons. The van der Waals surface area contributed by atoms with Gasteiger partial charge in [-0.15, -0.1) is 12.4 Å². The monoisotopic (exact) mass is 396 g/mol. The van der Waals surface area contributed by atoms with Gasteiger partial charge in [-0.3, -0.25) is 4.79 Å². The summed E-state index contributed by atoms with van der Waals surface area (Å²) in [6.45, 7) is 3.86. The molecular weight excluding hydrogens is 380 g/mol. The van der Waals surface area contributed by atoms with E-state index in [1.807, 2.05) is 6.92 Å². The van der Waals surface area contributed by atoms with Crippen molar-refractivity contribution in [2.24, 2.45) is 0 Å². The Morgan fingerprint density at radius 3 is 2.81 bits per heavy atom. The smallest absolute Gasteiger partial charge is 0.238 e. The van der Waals surface area contributed by atoms with Crippen LogP contribution in [0.4, 0.5) is 0 Å². The zero-order valence-electron chi connectivity index (χ0n) is 11.6. The fourth-order valence-corrected chi connectivity index (χ4v) is 4.00. The van der Waals surface area contributed by atoms with E-state index < -0.39 is 15.6 Å². The summed E-state index contributed by atoms with van der Waals surface area (Å²) in [6.07, 6.45) is 0. The first-order chi connectivity index (χ1) is 9.40. The van der Waals surface area contributed by atoms with Crippen LogP contribution in [0.1, 0.15) is 6.92 Å². The molecule has 2 rings (SSSR count). The molecule has 1 amide bonds. The van der Waals surface area contributed by atoms with E-state index in [9.17, 15) is 13.2 Å². The highest BCUT2D eigenvalue weighted by Gasteiger charge is 2.28. The van der Waals surface area contributed by atoms with Crippen LogP contribution in [0.5, 0.6) is 0 Å². The Hall–Kier alpha value is -0.630. The van der Waals surface area contributed by atoms with Crippen LogP contribution in [-0.2, 0) is 14.6 Å². The van der Waals surface area contributed by atoms with Gasteiger partial charge in [0.1, 0.15) is 5.75 Å². The fraction of sp³-hybridized carbons (Fsp3) is 0.462. The summed E-state index contributed by atoms with van der Waals surface area (Å²) >= 11 is 3.24. The molecule has 0 aromatic heterocycles. The maximum atomic E-state index is 12.3. The van der Waals surface area contributed by atoms with E-state index in [0.717, 1.165) is 0 Å².